The third-order valence-electron chi connectivity index (χ3n) is 7.79. The summed E-state index contributed by atoms with van der Waals surface area (Å²) < 4.78 is 17.8. The van der Waals surface area contributed by atoms with Crippen molar-refractivity contribution in [2.75, 3.05) is 26.2 Å². The number of hydrogen-bond donors (Lipinski definition) is 2. The van der Waals surface area contributed by atoms with Gasteiger partial charge in [0, 0.05) is 38.0 Å². The van der Waals surface area contributed by atoms with Crippen LogP contribution >= 0.6 is 70.6 Å². The predicted molar refractivity (Wildman–Crippen MR) is 207 cm³/mol. The number of carbonyl (C=O) groups excluding carboxylic acids is 1. The summed E-state index contributed by atoms with van der Waals surface area (Å²) in [6.07, 6.45) is -0.541. The van der Waals surface area contributed by atoms with E-state index >= 15 is 0 Å². The summed E-state index contributed by atoms with van der Waals surface area (Å²) in [6, 6.07) is 30.7. The number of nitrogens with two attached hydrogens (primary N) is 1. The first-order valence-electron chi connectivity index (χ1n) is 15.7. The number of nitrogens with one attached hydrogen (secondary N) is 1. The number of nitrogens with zero attached hydrogens (tertiary/aromatic N) is 1. The quantitative estimate of drug-likeness (QED) is 0.173. The van der Waals surface area contributed by atoms with E-state index in [9.17, 15) is 4.79 Å². The first-order chi connectivity index (χ1) is 23.5. The number of benzene rings is 4. The first kappa shape index (κ1) is 41.8. The second kappa shape index (κ2) is 19.9. The van der Waals surface area contributed by atoms with Crippen LogP contribution in [-0.4, -0.2) is 42.8 Å². The second-order valence-corrected chi connectivity index (χ2v) is 14.2. The molecule has 2 heterocycles. The summed E-state index contributed by atoms with van der Waals surface area (Å²) in [7, 11) is 0. The van der Waals surface area contributed by atoms with Crippen molar-refractivity contribution in [1.29, 1.82) is 0 Å². The zero-order chi connectivity index (χ0) is 35.6. The molecule has 50 heavy (non-hydrogen) atoms. The van der Waals surface area contributed by atoms with Gasteiger partial charge < -0.3 is 24.4 Å². The molecule has 270 valence electrons. The third-order valence-corrected chi connectivity index (χ3v) is 9.27. The first-order valence-corrected chi connectivity index (χ1v) is 17.7. The van der Waals surface area contributed by atoms with Crippen molar-refractivity contribution in [3.05, 3.63) is 128 Å². The van der Waals surface area contributed by atoms with Crippen LogP contribution in [0.25, 0.3) is 0 Å². The smallest absolute Gasteiger partial charge is 0.410 e. The van der Waals surface area contributed by atoms with Crippen LogP contribution in [0.5, 0.6) is 11.5 Å². The van der Waals surface area contributed by atoms with Gasteiger partial charge in [-0.05, 0) is 92.2 Å². The molecule has 0 aromatic heterocycles. The Labute approximate surface area is 325 Å². The lowest BCUT2D eigenvalue weighted by molar-refractivity contribution is -0.0254. The van der Waals surface area contributed by atoms with E-state index in [0.717, 1.165) is 35.7 Å². The van der Waals surface area contributed by atoms with Crippen LogP contribution < -0.4 is 20.0 Å². The van der Waals surface area contributed by atoms with Gasteiger partial charge >= 0.3 is 6.09 Å². The van der Waals surface area contributed by atoms with E-state index in [1.54, 1.807) is 11.0 Å². The number of likely N-dealkylation sites (tertiary alicyclic amines) is 1. The molecule has 0 saturated carbocycles. The maximum absolute atomic E-state index is 12.2. The second-order valence-electron chi connectivity index (χ2n) is 12.6. The van der Waals surface area contributed by atoms with E-state index in [0.29, 0.717) is 39.1 Å². The summed E-state index contributed by atoms with van der Waals surface area (Å²) in [4.78, 5) is 13.9. The maximum atomic E-state index is 12.2. The SMILES string of the molecule is CC(C)(C)OC(=O)N1CC(C(Oc2ccccc2)c2ccc(Cl)c(Cl)c2)C1.Cl.Clc1ccc(C(Oc2ccccc2)C2CNC2)cc1Cl.NCl. The van der Waals surface area contributed by atoms with E-state index < -0.39 is 5.60 Å². The predicted octanol–water partition coefficient (Wildman–Crippen LogP) is 10.8. The molecule has 13 heteroatoms. The normalized spacial score (nSPS) is 15.3. The Morgan fingerprint density at radius 1 is 0.700 bits per heavy atom. The van der Waals surface area contributed by atoms with Gasteiger partial charge in [-0.25, -0.2) is 10.0 Å². The van der Waals surface area contributed by atoms with Crippen LogP contribution in [0.2, 0.25) is 20.1 Å². The monoisotopic (exact) mass is 801 g/mol. The fraction of sp³-hybridized carbons (Fsp3) is 0.324. The summed E-state index contributed by atoms with van der Waals surface area (Å²) in [6.45, 7) is 8.62. The lowest BCUT2D eigenvalue weighted by Crippen LogP contribution is -2.54. The number of carbonyl (C=O) groups is 1. The van der Waals surface area contributed by atoms with Gasteiger partial charge in [0.05, 0.1) is 20.1 Å². The number of amides is 1. The molecule has 6 rings (SSSR count). The maximum Gasteiger partial charge on any atom is 0.410 e. The summed E-state index contributed by atoms with van der Waals surface area (Å²) in [5, 5.41) is 9.38. The highest BCUT2D eigenvalue weighted by atomic mass is 35.5. The minimum atomic E-state index is -0.508. The molecule has 2 atom stereocenters. The van der Waals surface area contributed by atoms with Crippen LogP contribution in [0, 0.1) is 11.8 Å². The Balaban J connectivity index is 0.000000262. The van der Waals surface area contributed by atoms with Crippen molar-refractivity contribution >= 4 is 76.7 Å². The van der Waals surface area contributed by atoms with Crippen molar-refractivity contribution in [1.82, 2.24) is 10.2 Å². The zero-order valence-electron chi connectivity index (χ0n) is 27.8. The lowest BCUT2D eigenvalue weighted by atomic mass is 9.89. The van der Waals surface area contributed by atoms with Crippen LogP contribution in [0.1, 0.15) is 44.1 Å². The molecular formula is C37H41Cl6N3O4. The topological polar surface area (TPSA) is 86.0 Å². The molecule has 2 fully saturated rings. The van der Waals surface area contributed by atoms with Crippen molar-refractivity contribution in [2.24, 2.45) is 17.1 Å². The van der Waals surface area contributed by atoms with E-state index in [1.165, 1.54) is 0 Å². The number of halogens is 6. The molecule has 0 spiro atoms. The standard InChI is InChI=1S/C21H23Cl2NO3.C16H15Cl2NO.ClH2N.ClH/c1-21(2,3)27-20(25)24-12-15(13-24)19(26-16-7-5-4-6-8-16)14-9-10-17(22)18(23)11-14;17-14-7-6-11(8-15(14)18)16(12-9-19-10-12)20-13-4-2-1-3-5-13;1-2;/h4-11,15,19H,12-13H2,1-3H3;1-8,12,16,19H,9-10H2;2H2;1H. The Kier molecular flexibility index (Phi) is 16.6. The molecule has 2 saturated heterocycles. The Morgan fingerprint density at radius 3 is 1.48 bits per heavy atom. The molecule has 1 amide bonds. The molecule has 7 nitrogen and oxygen atoms in total. The molecule has 4 aromatic rings. The summed E-state index contributed by atoms with van der Waals surface area (Å²) >= 11 is 28.5. The number of hydrogen-bond acceptors (Lipinski definition) is 6. The highest BCUT2D eigenvalue weighted by molar-refractivity contribution is 6.42. The van der Waals surface area contributed by atoms with Crippen molar-refractivity contribution in [3.8, 4) is 11.5 Å². The molecule has 0 aliphatic carbocycles. The van der Waals surface area contributed by atoms with Crippen molar-refractivity contribution in [3.63, 3.8) is 0 Å². The van der Waals surface area contributed by atoms with Gasteiger partial charge in [-0.2, -0.15) is 0 Å². The summed E-state index contributed by atoms with van der Waals surface area (Å²) in [5.74, 6) is 2.22. The van der Waals surface area contributed by atoms with Gasteiger partial charge in [0.15, 0.2) is 0 Å². The molecule has 3 N–H and O–H groups in total. The van der Waals surface area contributed by atoms with E-state index in [2.05, 4.69) is 22.3 Å². The highest BCUT2D eigenvalue weighted by Gasteiger charge is 2.40. The highest BCUT2D eigenvalue weighted by Crippen LogP contribution is 2.37. The fourth-order valence-corrected chi connectivity index (χ4v) is 5.86. The molecule has 2 aliphatic rings. The van der Waals surface area contributed by atoms with Crippen LogP contribution in [0.3, 0.4) is 0 Å². The number of rotatable bonds is 8. The molecule has 0 bridgehead atoms. The Hall–Kier alpha value is -2.59. The van der Waals surface area contributed by atoms with Crippen LogP contribution in [0.15, 0.2) is 97.1 Å². The third kappa shape index (κ3) is 12.0. The van der Waals surface area contributed by atoms with E-state index in [1.807, 2.05) is 112 Å². The lowest BCUT2D eigenvalue weighted by Gasteiger charge is -2.43. The van der Waals surface area contributed by atoms with Crippen molar-refractivity contribution < 1.29 is 19.0 Å². The molecule has 4 aromatic carbocycles. The molecular weight excluding hydrogens is 763 g/mol. The van der Waals surface area contributed by atoms with Crippen molar-refractivity contribution in [2.45, 2.75) is 38.6 Å². The Bertz CT molecular complexity index is 1640. The minimum Gasteiger partial charge on any atom is -0.485 e. The van der Waals surface area contributed by atoms with Gasteiger partial charge in [0.1, 0.15) is 29.3 Å². The molecule has 2 unspecified atom stereocenters. The van der Waals surface area contributed by atoms with E-state index in [-0.39, 0.29) is 36.6 Å². The Morgan fingerprint density at radius 2 is 1.12 bits per heavy atom. The van der Waals surface area contributed by atoms with Gasteiger partial charge in [-0.15, -0.1) is 12.4 Å². The van der Waals surface area contributed by atoms with Crippen LogP contribution in [-0.2, 0) is 4.74 Å². The zero-order valence-corrected chi connectivity index (χ0v) is 32.4. The van der Waals surface area contributed by atoms with E-state index in [4.69, 9.17) is 60.6 Å². The average molecular weight is 804 g/mol. The largest absolute Gasteiger partial charge is 0.485 e. The number of para-hydroxylation sites is 2. The molecule has 2 aliphatic heterocycles. The van der Waals surface area contributed by atoms with Gasteiger partial charge in [-0.1, -0.05) is 94.9 Å². The minimum absolute atomic E-state index is 0. The van der Waals surface area contributed by atoms with Gasteiger partial charge in [-0.3, -0.25) is 0 Å². The fourth-order valence-electron chi connectivity index (χ4n) is 5.25. The number of ether oxygens (including phenoxy) is 3. The van der Waals surface area contributed by atoms with Crippen LogP contribution in [0.4, 0.5) is 4.79 Å². The summed E-state index contributed by atoms with van der Waals surface area (Å²) in [5.41, 5.74) is 1.49. The average Bonchev–Trinajstić information content (AvgIpc) is 3.03. The van der Waals surface area contributed by atoms with Gasteiger partial charge in [0.2, 0.25) is 0 Å². The molecule has 0 radical (unpaired) electrons. The van der Waals surface area contributed by atoms with Gasteiger partial charge in [0.25, 0.3) is 0 Å².